The number of unbranched alkanes of at least 4 members (excludes halogenated alkanes) is 6. The van der Waals surface area contributed by atoms with Crippen molar-refractivity contribution in [3.63, 3.8) is 0 Å². The third-order valence-electron chi connectivity index (χ3n) is 8.35. The van der Waals surface area contributed by atoms with Gasteiger partial charge in [-0.15, -0.1) is 0 Å². The molecule has 2 fully saturated rings. The molecule has 0 amide bonds. The SMILES string of the molecule is CCCCCCCCCC(C(=O)OCCOC1CCC(C)CC1)C(CC1CCC(C)CC1)OO. The van der Waals surface area contributed by atoms with Crippen LogP contribution in [0, 0.1) is 23.7 Å². The van der Waals surface area contributed by atoms with Gasteiger partial charge in [0.05, 0.1) is 18.6 Å². The van der Waals surface area contributed by atoms with E-state index in [1.807, 2.05) is 0 Å². The van der Waals surface area contributed by atoms with E-state index in [2.05, 4.69) is 20.8 Å². The average Bonchev–Trinajstić information content (AvgIpc) is 2.84. The van der Waals surface area contributed by atoms with E-state index in [0.29, 0.717) is 18.6 Å². The van der Waals surface area contributed by atoms with Crippen LogP contribution < -0.4 is 0 Å². The molecule has 2 aliphatic rings. The van der Waals surface area contributed by atoms with Crippen LogP contribution in [0.3, 0.4) is 0 Å². The molecular weight excluding hydrogens is 428 g/mol. The van der Waals surface area contributed by atoms with Gasteiger partial charge in [0.2, 0.25) is 0 Å². The van der Waals surface area contributed by atoms with E-state index in [4.69, 9.17) is 14.4 Å². The molecule has 0 spiro atoms. The summed E-state index contributed by atoms with van der Waals surface area (Å²) in [5, 5.41) is 9.76. The average molecular weight is 483 g/mol. The molecule has 2 aliphatic carbocycles. The first-order chi connectivity index (χ1) is 16.5. The van der Waals surface area contributed by atoms with Gasteiger partial charge in [-0.3, -0.25) is 10.1 Å². The van der Waals surface area contributed by atoms with Crippen molar-refractivity contribution in [1.29, 1.82) is 0 Å². The standard InChI is InChI=1S/C29H54O5/c1-4-5-6-7-8-9-10-11-27(28(34-31)22-25-16-12-23(2)13-17-25)29(30)33-21-20-32-26-18-14-24(3)15-19-26/h23-28,31H,4-22H2,1-3H3. The highest BCUT2D eigenvalue weighted by Gasteiger charge is 2.33. The predicted octanol–water partition coefficient (Wildman–Crippen LogP) is 7.96. The fraction of sp³-hybridized carbons (Fsp3) is 0.966. The van der Waals surface area contributed by atoms with Crippen LogP contribution in [0.25, 0.3) is 0 Å². The summed E-state index contributed by atoms with van der Waals surface area (Å²) in [6.07, 6.45) is 19.2. The van der Waals surface area contributed by atoms with E-state index in [-0.39, 0.29) is 12.6 Å². The summed E-state index contributed by atoms with van der Waals surface area (Å²) >= 11 is 0. The normalized spacial score (nSPS) is 27.3. The van der Waals surface area contributed by atoms with Gasteiger partial charge in [0, 0.05) is 0 Å². The van der Waals surface area contributed by atoms with Gasteiger partial charge >= 0.3 is 5.97 Å². The van der Waals surface area contributed by atoms with Crippen LogP contribution in [0.4, 0.5) is 0 Å². The summed E-state index contributed by atoms with van der Waals surface area (Å²) < 4.78 is 11.6. The third kappa shape index (κ3) is 11.9. The van der Waals surface area contributed by atoms with E-state index < -0.39 is 12.0 Å². The molecule has 2 unspecified atom stereocenters. The van der Waals surface area contributed by atoms with Crippen molar-refractivity contribution >= 4 is 5.97 Å². The fourth-order valence-electron chi connectivity index (χ4n) is 5.81. The van der Waals surface area contributed by atoms with Crippen LogP contribution in [-0.2, 0) is 19.2 Å². The Labute approximate surface area is 209 Å². The van der Waals surface area contributed by atoms with Crippen LogP contribution >= 0.6 is 0 Å². The molecule has 0 radical (unpaired) electrons. The molecule has 0 bridgehead atoms. The topological polar surface area (TPSA) is 65.0 Å². The summed E-state index contributed by atoms with van der Waals surface area (Å²) in [4.78, 5) is 18.0. The molecule has 5 heteroatoms. The van der Waals surface area contributed by atoms with Crippen LogP contribution in [0.15, 0.2) is 0 Å². The van der Waals surface area contributed by atoms with Gasteiger partial charge < -0.3 is 9.47 Å². The second-order valence-corrected chi connectivity index (χ2v) is 11.4. The van der Waals surface area contributed by atoms with Gasteiger partial charge in [0.15, 0.2) is 0 Å². The lowest BCUT2D eigenvalue weighted by Crippen LogP contribution is -2.34. The Morgan fingerprint density at radius 3 is 2.03 bits per heavy atom. The lowest BCUT2D eigenvalue weighted by Gasteiger charge is -2.31. The highest BCUT2D eigenvalue weighted by Crippen LogP contribution is 2.34. The van der Waals surface area contributed by atoms with Gasteiger partial charge in [-0.05, 0) is 56.3 Å². The summed E-state index contributed by atoms with van der Waals surface area (Å²) in [5.74, 6) is 1.48. The second-order valence-electron chi connectivity index (χ2n) is 11.4. The van der Waals surface area contributed by atoms with E-state index in [1.165, 1.54) is 57.8 Å². The number of esters is 1. The van der Waals surface area contributed by atoms with E-state index in [9.17, 15) is 10.1 Å². The first kappa shape index (κ1) is 29.6. The van der Waals surface area contributed by atoms with E-state index >= 15 is 0 Å². The molecule has 200 valence electrons. The summed E-state index contributed by atoms with van der Waals surface area (Å²) in [7, 11) is 0. The lowest BCUT2D eigenvalue weighted by molar-refractivity contribution is -0.294. The largest absolute Gasteiger partial charge is 0.463 e. The summed E-state index contributed by atoms with van der Waals surface area (Å²) in [6.45, 7) is 7.60. The summed E-state index contributed by atoms with van der Waals surface area (Å²) in [5.41, 5.74) is 0. The Morgan fingerprint density at radius 1 is 0.824 bits per heavy atom. The van der Waals surface area contributed by atoms with Crippen molar-refractivity contribution in [2.75, 3.05) is 13.2 Å². The Balaban J connectivity index is 1.79. The zero-order chi connectivity index (χ0) is 24.6. The van der Waals surface area contributed by atoms with E-state index in [1.54, 1.807) is 0 Å². The molecule has 0 heterocycles. The lowest BCUT2D eigenvalue weighted by atomic mass is 9.78. The Bertz CT molecular complexity index is 509. The number of hydrogen-bond acceptors (Lipinski definition) is 5. The summed E-state index contributed by atoms with van der Waals surface area (Å²) in [6, 6.07) is 0. The molecule has 2 saturated carbocycles. The minimum absolute atomic E-state index is 0.227. The molecule has 2 rings (SSSR count). The number of rotatable bonds is 17. The van der Waals surface area contributed by atoms with Crippen LogP contribution in [0.2, 0.25) is 0 Å². The van der Waals surface area contributed by atoms with E-state index in [0.717, 1.165) is 63.2 Å². The molecular formula is C29H54O5. The second kappa shape index (κ2) is 17.7. The number of carbonyl (C=O) groups is 1. The Kier molecular flexibility index (Phi) is 15.4. The maximum absolute atomic E-state index is 13.1. The van der Waals surface area contributed by atoms with Crippen molar-refractivity contribution in [1.82, 2.24) is 0 Å². The number of hydrogen-bond donors (Lipinski definition) is 1. The predicted molar refractivity (Wildman–Crippen MR) is 138 cm³/mol. The third-order valence-corrected chi connectivity index (χ3v) is 8.35. The first-order valence-corrected chi connectivity index (χ1v) is 14.6. The molecule has 0 aromatic rings. The molecule has 2 atom stereocenters. The smallest absolute Gasteiger partial charge is 0.311 e. The minimum Gasteiger partial charge on any atom is -0.463 e. The molecule has 5 nitrogen and oxygen atoms in total. The molecule has 0 saturated heterocycles. The zero-order valence-electron chi connectivity index (χ0n) is 22.5. The highest BCUT2D eigenvalue weighted by atomic mass is 17.1. The zero-order valence-corrected chi connectivity index (χ0v) is 22.5. The van der Waals surface area contributed by atoms with Crippen molar-refractivity contribution in [3.05, 3.63) is 0 Å². The maximum Gasteiger partial charge on any atom is 0.311 e. The van der Waals surface area contributed by atoms with Crippen molar-refractivity contribution < 1.29 is 24.4 Å². The number of carbonyl (C=O) groups excluding carboxylic acids is 1. The molecule has 0 aliphatic heterocycles. The monoisotopic (exact) mass is 482 g/mol. The minimum atomic E-state index is -0.466. The Hall–Kier alpha value is -0.650. The fourth-order valence-corrected chi connectivity index (χ4v) is 5.81. The van der Waals surface area contributed by atoms with Crippen LogP contribution in [0.5, 0.6) is 0 Å². The van der Waals surface area contributed by atoms with Crippen LogP contribution in [-0.4, -0.2) is 36.6 Å². The van der Waals surface area contributed by atoms with Gasteiger partial charge in [0.25, 0.3) is 0 Å². The van der Waals surface area contributed by atoms with Gasteiger partial charge in [-0.25, -0.2) is 4.89 Å². The van der Waals surface area contributed by atoms with Crippen molar-refractivity contribution in [2.45, 2.75) is 142 Å². The highest BCUT2D eigenvalue weighted by molar-refractivity contribution is 5.73. The van der Waals surface area contributed by atoms with Gasteiger partial charge in [-0.2, -0.15) is 0 Å². The van der Waals surface area contributed by atoms with Crippen molar-refractivity contribution in [3.8, 4) is 0 Å². The van der Waals surface area contributed by atoms with Gasteiger partial charge in [-0.1, -0.05) is 91.4 Å². The van der Waals surface area contributed by atoms with Crippen molar-refractivity contribution in [2.24, 2.45) is 23.7 Å². The van der Waals surface area contributed by atoms with Gasteiger partial charge in [0.1, 0.15) is 12.7 Å². The molecule has 34 heavy (non-hydrogen) atoms. The molecule has 0 aromatic heterocycles. The Morgan fingerprint density at radius 2 is 1.41 bits per heavy atom. The first-order valence-electron chi connectivity index (χ1n) is 14.6. The molecule has 1 N–H and O–H groups in total. The number of ether oxygens (including phenoxy) is 2. The van der Waals surface area contributed by atoms with Crippen LogP contribution in [0.1, 0.15) is 130 Å². The maximum atomic E-state index is 13.1. The molecule has 0 aromatic carbocycles. The quantitative estimate of drug-likeness (QED) is 0.0986.